The van der Waals surface area contributed by atoms with E-state index >= 15 is 0 Å². The molecule has 1 saturated carbocycles. The van der Waals surface area contributed by atoms with E-state index in [1.54, 1.807) is 0 Å². The van der Waals surface area contributed by atoms with Crippen LogP contribution in [-0.2, 0) is 10.0 Å². The van der Waals surface area contributed by atoms with Crippen molar-refractivity contribution in [3.8, 4) is 0 Å². The maximum absolute atomic E-state index is 12.0. The van der Waals surface area contributed by atoms with Crippen molar-refractivity contribution in [1.29, 1.82) is 0 Å². The Morgan fingerprint density at radius 2 is 1.89 bits per heavy atom. The van der Waals surface area contributed by atoms with Gasteiger partial charge in [0.05, 0.1) is 5.75 Å². The fourth-order valence-electron chi connectivity index (χ4n) is 3.33. The first-order valence-electron chi connectivity index (χ1n) is 7.60. The Bertz CT molecular complexity index is 408. The zero-order valence-corrected chi connectivity index (χ0v) is 12.3. The molecule has 0 spiro atoms. The van der Waals surface area contributed by atoms with Crippen molar-refractivity contribution in [2.45, 2.75) is 56.7 Å². The molecule has 0 aromatic heterocycles. The van der Waals surface area contributed by atoms with E-state index in [2.05, 4.69) is 14.9 Å². The van der Waals surface area contributed by atoms with E-state index in [1.807, 2.05) is 0 Å². The van der Waals surface area contributed by atoms with Crippen molar-refractivity contribution in [3.63, 3.8) is 0 Å². The van der Waals surface area contributed by atoms with Crippen LogP contribution in [0.5, 0.6) is 0 Å². The van der Waals surface area contributed by atoms with Crippen LogP contribution in [-0.4, -0.2) is 56.8 Å². The van der Waals surface area contributed by atoms with Crippen LogP contribution in [0.1, 0.15) is 38.5 Å². The number of rotatable bonds is 6. The van der Waals surface area contributed by atoms with Gasteiger partial charge < -0.3 is 10.2 Å². The molecule has 0 aromatic carbocycles. The van der Waals surface area contributed by atoms with Crippen molar-refractivity contribution in [2.24, 2.45) is 0 Å². The number of nitrogens with zero attached hydrogens (tertiary/aromatic N) is 1. The monoisotopic (exact) mass is 287 g/mol. The summed E-state index contributed by atoms with van der Waals surface area (Å²) in [5.41, 5.74) is 0. The zero-order valence-electron chi connectivity index (χ0n) is 11.5. The lowest BCUT2D eigenvalue weighted by atomic mass is 9.99. The number of fused-ring (bicyclic) bond motifs is 1. The Hall–Kier alpha value is -0.170. The van der Waals surface area contributed by atoms with Gasteiger partial charge in [-0.15, -0.1) is 0 Å². The summed E-state index contributed by atoms with van der Waals surface area (Å²) in [5.74, 6) is 0.217. The average molecular weight is 287 g/mol. The molecule has 6 heteroatoms. The van der Waals surface area contributed by atoms with E-state index in [0.717, 1.165) is 19.4 Å². The molecule has 3 fully saturated rings. The smallest absolute Gasteiger partial charge is 0.213 e. The fraction of sp³-hybridized carbons (Fsp3) is 1.00. The second-order valence-corrected chi connectivity index (χ2v) is 8.09. The molecule has 0 radical (unpaired) electrons. The maximum Gasteiger partial charge on any atom is 0.213 e. The standard InChI is InChI=1S/C13H25N3O2S/c17-19(18,9-6-14-11-3-4-11)15-12-5-8-16-7-1-2-13(16)10-12/h11-15H,1-10H2. The van der Waals surface area contributed by atoms with E-state index in [1.165, 1.54) is 32.2 Å². The Balaban J connectivity index is 1.43. The highest BCUT2D eigenvalue weighted by molar-refractivity contribution is 7.89. The molecule has 110 valence electrons. The molecule has 2 atom stereocenters. The third-order valence-electron chi connectivity index (χ3n) is 4.55. The molecule has 19 heavy (non-hydrogen) atoms. The summed E-state index contributed by atoms with van der Waals surface area (Å²) >= 11 is 0. The molecule has 2 unspecified atom stereocenters. The highest BCUT2D eigenvalue weighted by atomic mass is 32.2. The van der Waals surface area contributed by atoms with Gasteiger partial charge in [-0.1, -0.05) is 0 Å². The Morgan fingerprint density at radius 3 is 2.68 bits per heavy atom. The molecule has 2 saturated heterocycles. The Kier molecular flexibility index (Phi) is 4.12. The minimum atomic E-state index is -3.11. The normalized spacial score (nSPS) is 32.4. The third-order valence-corrected chi connectivity index (χ3v) is 5.98. The summed E-state index contributed by atoms with van der Waals surface area (Å²) in [6, 6.07) is 1.35. The SMILES string of the molecule is O=S(=O)(CCNC1CC1)NC1CCN2CCCC2C1. The Morgan fingerprint density at radius 1 is 1.05 bits per heavy atom. The quantitative estimate of drug-likeness (QED) is 0.737. The average Bonchev–Trinajstić information content (AvgIpc) is 3.05. The first kappa shape index (κ1) is 13.8. The molecular formula is C13H25N3O2S. The lowest BCUT2D eigenvalue weighted by Crippen LogP contribution is -2.48. The summed E-state index contributed by atoms with van der Waals surface area (Å²) in [7, 11) is -3.11. The van der Waals surface area contributed by atoms with Crippen molar-refractivity contribution < 1.29 is 8.42 Å². The van der Waals surface area contributed by atoms with Gasteiger partial charge in [-0.25, -0.2) is 13.1 Å². The van der Waals surface area contributed by atoms with Crippen LogP contribution in [0.25, 0.3) is 0 Å². The zero-order chi connectivity index (χ0) is 13.3. The van der Waals surface area contributed by atoms with Crippen LogP contribution in [0.3, 0.4) is 0 Å². The summed E-state index contributed by atoms with van der Waals surface area (Å²) in [6.07, 6.45) is 6.87. The highest BCUT2D eigenvalue weighted by Crippen LogP contribution is 2.27. The maximum atomic E-state index is 12.0. The number of piperidine rings is 1. The molecule has 3 aliphatic rings. The van der Waals surface area contributed by atoms with E-state index in [4.69, 9.17) is 0 Å². The van der Waals surface area contributed by atoms with Gasteiger partial charge in [-0.3, -0.25) is 0 Å². The third kappa shape index (κ3) is 3.90. The molecule has 2 aliphatic heterocycles. The molecule has 2 N–H and O–H groups in total. The predicted octanol–water partition coefficient (Wildman–Crippen LogP) is 0.285. The van der Waals surface area contributed by atoms with Gasteiger partial charge in [-0.05, 0) is 51.6 Å². The minimum Gasteiger partial charge on any atom is -0.313 e. The molecule has 1 aliphatic carbocycles. The second-order valence-electron chi connectivity index (χ2n) is 6.22. The molecule has 0 bridgehead atoms. The van der Waals surface area contributed by atoms with Crippen LogP contribution in [0.15, 0.2) is 0 Å². The molecule has 2 heterocycles. The number of hydrogen-bond acceptors (Lipinski definition) is 4. The van der Waals surface area contributed by atoms with E-state index < -0.39 is 10.0 Å². The first-order chi connectivity index (χ1) is 9.12. The molecular weight excluding hydrogens is 262 g/mol. The topological polar surface area (TPSA) is 61.4 Å². The van der Waals surface area contributed by atoms with Gasteiger partial charge in [-0.2, -0.15) is 0 Å². The van der Waals surface area contributed by atoms with Crippen LogP contribution >= 0.6 is 0 Å². The molecule has 0 aromatic rings. The van der Waals surface area contributed by atoms with Crippen LogP contribution in [0, 0.1) is 0 Å². The fourth-order valence-corrected chi connectivity index (χ4v) is 4.56. The minimum absolute atomic E-state index is 0.158. The molecule has 0 amide bonds. The second kappa shape index (κ2) is 5.68. The first-order valence-corrected chi connectivity index (χ1v) is 9.25. The van der Waals surface area contributed by atoms with E-state index in [-0.39, 0.29) is 11.8 Å². The van der Waals surface area contributed by atoms with Crippen molar-refractivity contribution in [1.82, 2.24) is 14.9 Å². The van der Waals surface area contributed by atoms with Crippen molar-refractivity contribution >= 4 is 10.0 Å². The van der Waals surface area contributed by atoms with Gasteiger partial charge >= 0.3 is 0 Å². The number of hydrogen-bond donors (Lipinski definition) is 2. The van der Waals surface area contributed by atoms with Gasteiger partial charge in [0.15, 0.2) is 0 Å². The Labute approximate surface area is 116 Å². The molecule has 5 nitrogen and oxygen atoms in total. The highest BCUT2D eigenvalue weighted by Gasteiger charge is 2.33. The van der Waals surface area contributed by atoms with Gasteiger partial charge in [0.25, 0.3) is 0 Å². The number of sulfonamides is 1. The van der Waals surface area contributed by atoms with Crippen molar-refractivity contribution in [2.75, 3.05) is 25.4 Å². The summed E-state index contributed by atoms with van der Waals surface area (Å²) in [4.78, 5) is 2.51. The van der Waals surface area contributed by atoms with Gasteiger partial charge in [0.1, 0.15) is 0 Å². The lowest BCUT2D eigenvalue weighted by molar-refractivity contribution is 0.176. The lowest BCUT2D eigenvalue weighted by Gasteiger charge is -2.34. The van der Waals surface area contributed by atoms with Gasteiger partial charge in [0.2, 0.25) is 10.0 Å². The van der Waals surface area contributed by atoms with Crippen LogP contribution in [0.2, 0.25) is 0 Å². The van der Waals surface area contributed by atoms with E-state index in [0.29, 0.717) is 18.6 Å². The van der Waals surface area contributed by atoms with Crippen LogP contribution < -0.4 is 10.0 Å². The van der Waals surface area contributed by atoms with Gasteiger partial charge in [0, 0.05) is 24.7 Å². The summed E-state index contributed by atoms with van der Waals surface area (Å²) < 4.78 is 27.0. The van der Waals surface area contributed by atoms with Crippen molar-refractivity contribution in [3.05, 3.63) is 0 Å². The largest absolute Gasteiger partial charge is 0.313 e. The summed E-state index contributed by atoms with van der Waals surface area (Å²) in [6.45, 7) is 2.84. The predicted molar refractivity (Wildman–Crippen MR) is 75.6 cm³/mol. The van der Waals surface area contributed by atoms with E-state index in [9.17, 15) is 8.42 Å². The molecule has 3 rings (SSSR count). The summed E-state index contributed by atoms with van der Waals surface area (Å²) in [5, 5.41) is 3.26. The van der Waals surface area contributed by atoms with Crippen LogP contribution in [0.4, 0.5) is 0 Å². The number of nitrogens with one attached hydrogen (secondary N) is 2.